The minimum Gasteiger partial charge on any atom is -0.357 e. The van der Waals surface area contributed by atoms with Crippen molar-refractivity contribution in [1.82, 2.24) is 20.5 Å². The number of hydrogen-bond acceptors (Lipinski definition) is 4. The van der Waals surface area contributed by atoms with E-state index in [0.29, 0.717) is 12.1 Å². The Bertz CT molecular complexity index is 603. The van der Waals surface area contributed by atoms with Crippen molar-refractivity contribution in [3.63, 3.8) is 0 Å². The minimum absolute atomic E-state index is 0.123. The molecule has 3 heterocycles. The van der Waals surface area contributed by atoms with E-state index in [4.69, 9.17) is 0 Å². The van der Waals surface area contributed by atoms with Gasteiger partial charge in [0.1, 0.15) is 5.82 Å². The van der Waals surface area contributed by atoms with Gasteiger partial charge in [-0.05, 0) is 30.5 Å². The monoisotopic (exact) mass is 299 g/mol. The highest BCUT2D eigenvalue weighted by Crippen LogP contribution is 2.18. The SMILES string of the molecule is O=C(NCc1ccnc(N2CCCCCC2)c1)c1cn[nH]c1. The molecule has 22 heavy (non-hydrogen) atoms. The fraction of sp³-hybridized carbons (Fsp3) is 0.438. The molecule has 0 unspecified atom stereocenters. The van der Waals surface area contributed by atoms with Gasteiger partial charge in [-0.3, -0.25) is 9.89 Å². The number of rotatable bonds is 4. The van der Waals surface area contributed by atoms with E-state index in [2.05, 4.69) is 31.5 Å². The quantitative estimate of drug-likeness (QED) is 0.907. The van der Waals surface area contributed by atoms with E-state index in [0.717, 1.165) is 24.5 Å². The summed E-state index contributed by atoms with van der Waals surface area (Å²) in [5, 5.41) is 9.32. The minimum atomic E-state index is -0.123. The van der Waals surface area contributed by atoms with E-state index in [-0.39, 0.29) is 5.91 Å². The van der Waals surface area contributed by atoms with Crippen LogP contribution in [0.2, 0.25) is 0 Å². The van der Waals surface area contributed by atoms with Crippen molar-refractivity contribution in [2.75, 3.05) is 18.0 Å². The van der Waals surface area contributed by atoms with Crippen LogP contribution in [0.4, 0.5) is 5.82 Å². The number of anilines is 1. The van der Waals surface area contributed by atoms with Gasteiger partial charge in [-0.25, -0.2) is 4.98 Å². The van der Waals surface area contributed by atoms with E-state index in [1.165, 1.54) is 31.9 Å². The Kier molecular flexibility index (Phi) is 4.68. The molecular formula is C16H21N5O. The van der Waals surface area contributed by atoms with E-state index in [9.17, 15) is 4.79 Å². The first-order valence-electron chi connectivity index (χ1n) is 7.80. The maximum Gasteiger partial charge on any atom is 0.254 e. The van der Waals surface area contributed by atoms with Crippen molar-refractivity contribution in [2.45, 2.75) is 32.2 Å². The summed E-state index contributed by atoms with van der Waals surface area (Å²) >= 11 is 0. The van der Waals surface area contributed by atoms with Gasteiger partial charge >= 0.3 is 0 Å². The molecule has 2 aromatic rings. The smallest absolute Gasteiger partial charge is 0.254 e. The summed E-state index contributed by atoms with van der Waals surface area (Å²) in [7, 11) is 0. The first-order valence-corrected chi connectivity index (χ1v) is 7.80. The number of nitrogens with zero attached hydrogens (tertiary/aromatic N) is 3. The molecule has 0 radical (unpaired) electrons. The number of carbonyl (C=O) groups excluding carboxylic acids is 1. The van der Waals surface area contributed by atoms with Crippen LogP contribution >= 0.6 is 0 Å². The number of H-pyrrole nitrogens is 1. The van der Waals surface area contributed by atoms with E-state index in [1.807, 2.05) is 12.3 Å². The Morgan fingerprint density at radius 2 is 2.09 bits per heavy atom. The van der Waals surface area contributed by atoms with Crippen LogP contribution < -0.4 is 10.2 Å². The average molecular weight is 299 g/mol. The maximum absolute atomic E-state index is 11.9. The number of hydrogen-bond donors (Lipinski definition) is 2. The van der Waals surface area contributed by atoms with Crippen molar-refractivity contribution in [1.29, 1.82) is 0 Å². The highest BCUT2D eigenvalue weighted by molar-refractivity contribution is 5.93. The zero-order valence-corrected chi connectivity index (χ0v) is 12.6. The fourth-order valence-electron chi connectivity index (χ4n) is 2.70. The topological polar surface area (TPSA) is 73.9 Å². The van der Waals surface area contributed by atoms with Gasteiger partial charge in [0.25, 0.3) is 5.91 Å². The van der Waals surface area contributed by atoms with Crippen LogP contribution in [0, 0.1) is 0 Å². The van der Waals surface area contributed by atoms with Gasteiger partial charge < -0.3 is 10.2 Å². The lowest BCUT2D eigenvalue weighted by Crippen LogP contribution is -2.26. The van der Waals surface area contributed by atoms with E-state index in [1.54, 1.807) is 6.20 Å². The second-order valence-electron chi connectivity index (χ2n) is 5.59. The first-order chi connectivity index (χ1) is 10.8. The number of carbonyl (C=O) groups is 1. The standard InChI is InChI=1S/C16H21N5O/c22-16(14-11-19-20-12-14)18-10-13-5-6-17-15(9-13)21-7-3-1-2-4-8-21/h5-6,9,11-12H,1-4,7-8,10H2,(H,18,22)(H,19,20). The highest BCUT2D eigenvalue weighted by Gasteiger charge is 2.12. The summed E-state index contributed by atoms with van der Waals surface area (Å²) < 4.78 is 0. The Hall–Kier alpha value is -2.37. The van der Waals surface area contributed by atoms with Gasteiger partial charge in [0.05, 0.1) is 11.8 Å². The van der Waals surface area contributed by atoms with Crippen LogP contribution in [0.25, 0.3) is 0 Å². The van der Waals surface area contributed by atoms with Crippen LogP contribution in [0.15, 0.2) is 30.7 Å². The molecule has 1 saturated heterocycles. The lowest BCUT2D eigenvalue weighted by Gasteiger charge is -2.21. The molecule has 1 aliphatic heterocycles. The van der Waals surface area contributed by atoms with Crippen molar-refractivity contribution < 1.29 is 4.79 Å². The van der Waals surface area contributed by atoms with Crippen molar-refractivity contribution in [2.24, 2.45) is 0 Å². The Balaban J connectivity index is 1.62. The molecular weight excluding hydrogens is 278 g/mol. The fourth-order valence-corrected chi connectivity index (χ4v) is 2.70. The number of aromatic amines is 1. The van der Waals surface area contributed by atoms with Gasteiger partial charge in [0.15, 0.2) is 0 Å². The zero-order chi connectivity index (χ0) is 15.2. The third-order valence-corrected chi connectivity index (χ3v) is 3.95. The lowest BCUT2D eigenvalue weighted by atomic mass is 10.2. The van der Waals surface area contributed by atoms with Crippen molar-refractivity contribution >= 4 is 11.7 Å². The molecule has 2 aromatic heterocycles. The number of aromatic nitrogens is 3. The molecule has 0 aromatic carbocycles. The number of pyridine rings is 1. The third kappa shape index (κ3) is 3.63. The molecule has 0 saturated carbocycles. The van der Waals surface area contributed by atoms with Crippen LogP contribution in [0.1, 0.15) is 41.6 Å². The van der Waals surface area contributed by atoms with Crippen LogP contribution in [-0.2, 0) is 6.54 Å². The second-order valence-corrected chi connectivity index (χ2v) is 5.59. The summed E-state index contributed by atoms with van der Waals surface area (Å²) in [6.45, 7) is 2.63. The first kappa shape index (κ1) is 14.6. The Labute approximate surface area is 129 Å². The average Bonchev–Trinajstić information content (AvgIpc) is 2.95. The van der Waals surface area contributed by atoms with E-state index >= 15 is 0 Å². The summed E-state index contributed by atoms with van der Waals surface area (Å²) in [5.41, 5.74) is 1.60. The second kappa shape index (κ2) is 7.06. The molecule has 1 amide bonds. The Morgan fingerprint density at radius 1 is 1.27 bits per heavy atom. The largest absolute Gasteiger partial charge is 0.357 e. The molecule has 0 bridgehead atoms. The molecule has 0 atom stereocenters. The molecule has 0 aliphatic carbocycles. The van der Waals surface area contributed by atoms with Crippen LogP contribution in [0.3, 0.4) is 0 Å². The van der Waals surface area contributed by atoms with Gasteiger partial charge in [0, 0.05) is 32.0 Å². The van der Waals surface area contributed by atoms with Gasteiger partial charge in [0.2, 0.25) is 0 Å². The lowest BCUT2D eigenvalue weighted by molar-refractivity contribution is 0.0951. The van der Waals surface area contributed by atoms with Crippen molar-refractivity contribution in [3.8, 4) is 0 Å². The van der Waals surface area contributed by atoms with Crippen LogP contribution in [0.5, 0.6) is 0 Å². The summed E-state index contributed by atoms with van der Waals surface area (Å²) in [6.07, 6.45) is 9.98. The Morgan fingerprint density at radius 3 is 2.82 bits per heavy atom. The third-order valence-electron chi connectivity index (χ3n) is 3.95. The summed E-state index contributed by atoms with van der Waals surface area (Å²) in [5.74, 6) is 0.888. The number of nitrogens with one attached hydrogen (secondary N) is 2. The molecule has 2 N–H and O–H groups in total. The van der Waals surface area contributed by atoms with Crippen molar-refractivity contribution in [3.05, 3.63) is 41.9 Å². The normalized spacial score (nSPS) is 15.4. The zero-order valence-electron chi connectivity index (χ0n) is 12.6. The molecule has 116 valence electrons. The van der Waals surface area contributed by atoms with Gasteiger partial charge in [-0.2, -0.15) is 5.10 Å². The van der Waals surface area contributed by atoms with Crippen LogP contribution in [-0.4, -0.2) is 34.2 Å². The molecule has 6 nitrogen and oxygen atoms in total. The molecule has 0 spiro atoms. The molecule has 1 fully saturated rings. The summed E-state index contributed by atoms with van der Waals surface area (Å²) in [6, 6.07) is 4.01. The molecule has 6 heteroatoms. The predicted molar refractivity (Wildman–Crippen MR) is 84.7 cm³/mol. The highest BCUT2D eigenvalue weighted by atomic mass is 16.1. The van der Waals surface area contributed by atoms with E-state index < -0.39 is 0 Å². The maximum atomic E-state index is 11.9. The van der Waals surface area contributed by atoms with Gasteiger partial charge in [-0.1, -0.05) is 12.8 Å². The molecule has 1 aliphatic rings. The summed E-state index contributed by atoms with van der Waals surface area (Å²) in [4.78, 5) is 18.7. The molecule has 3 rings (SSSR count). The predicted octanol–water partition coefficient (Wildman–Crippen LogP) is 2.12. The number of amides is 1. The van der Waals surface area contributed by atoms with Gasteiger partial charge in [-0.15, -0.1) is 0 Å².